The van der Waals surface area contributed by atoms with Crippen LogP contribution in [0.15, 0.2) is 0 Å². The van der Waals surface area contributed by atoms with Gasteiger partial charge in [-0.3, -0.25) is 9.80 Å². The summed E-state index contributed by atoms with van der Waals surface area (Å²) < 4.78 is 0. The molecule has 0 bridgehead atoms. The van der Waals surface area contributed by atoms with Gasteiger partial charge in [0.1, 0.15) is 0 Å². The molecule has 2 aliphatic rings. The quantitative estimate of drug-likeness (QED) is 0.693. The summed E-state index contributed by atoms with van der Waals surface area (Å²) in [6.07, 6.45) is 2.75. The van der Waals surface area contributed by atoms with E-state index in [-0.39, 0.29) is 0 Å². The molecule has 0 N–H and O–H groups in total. The van der Waals surface area contributed by atoms with E-state index in [1.165, 1.54) is 39.0 Å². The molecule has 2 heterocycles. The maximum absolute atomic E-state index is 3.31. The maximum Gasteiger partial charge on any atom is 0.0601 e. The lowest BCUT2D eigenvalue weighted by Gasteiger charge is -2.55. The molecule has 2 rings (SSSR count). The smallest absolute Gasteiger partial charge is 0.0601 e. The molecule has 2 heteroatoms. The molecular weight excluding hydrogens is 220 g/mol. The summed E-state index contributed by atoms with van der Waals surface area (Å²) >= 11 is 0. The van der Waals surface area contributed by atoms with Crippen molar-refractivity contribution in [1.29, 1.82) is 0 Å². The normalized spacial score (nSPS) is 24.1. The van der Waals surface area contributed by atoms with Crippen molar-refractivity contribution >= 4 is 0 Å². The fourth-order valence-electron chi connectivity index (χ4n) is 3.04. The Labute approximate surface area is 113 Å². The monoisotopic (exact) mass is 248 g/mol. The topological polar surface area (TPSA) is 6.48 Å². The van der Waals surface area contributed by atoms with Crippen molar-refractivity contribution in [2.45, 2.75) is 46.6 Å². The average Bonchev–Trinajstić information content (AvgIpc) is 2.26. The van der Waals surface area contributed by atoms with Crippen molar-refractivity contribution < 1.29 is 0 Å². The summed E-state index contributed by atoms with van der Waals surface area (Å²) in [6, 6.07) is 0.727. The van der Waals surface area contributed by atoms with Gasteiger partial charge >= 0.3 is 0 Å². The van der Waals surface area contributed by atoms with Crippen LogP contribution in [0.1, 0.15) is 40.5 Å². The fraction of sp³-hybridized carbons (Fsp3) is 0.875. The molecule has 0 aromatic heterocycles. The minimum atomic E-state index is 0.507. The predicted octanol–water partition coefficient (Wildman–Crippen LogP) is 2.45. The minimum Gasteiger partial charge on any atom is -0.300 e. The van der Waals surface area contributed by atoms with Gasteiger partial charge in [0.15, 0.2) is 0 Å². The van der Waals surface area contributed by atoms with E-state index in [4.69, 9.17) is 0 Å². The zero-order valence-electron chi connectivity index (χ0n) is 12.5. The molecule has 0 atom stereocenters. The lowest BCUT2D eigenvalue weighted by molar-refractivity contribution is -0.0603. The fourth-order valence-corrected chi connectivity index (χ4v) is 3.04. The third-order valence-electron chi connectivity index (χ3n) is 4.42. The lowest BCUT2D eigenvalue weighted by atomic mass is 9.71. The van der Waals surface area contributed by atoms with Crippen LogP contribution < -0.4 is 0 Å². The van der Waals surface area contributed by atoms with E-state index in [0.29, 0.717) is 11.3 Å². The van der Waals surface area contributed by atoms with Crippen molar-refractivity contribution in [3.8, 4) is 11.8 Å². The summed E-state index contributed by atoms with van der Waals surface area (Å²) in [6.45, 7) is 15.1. The van der Waals surface area contributed by atoms with E-state index in [1.807, 2.05) is 0 Å². The number of hydrogen-bond acceptors (Lipinski definition) is 2. The number of nitrogens with zero attached hydrogens (tertiary/aromatic N) is 2. The third-order valence-corrected chi connectivity index (χ3v) is 4.42. The summed E-state index contributed by atoms with van der Waals surface area (Å²) in [7, 11) is 0. The van der Waals surface area contributed by atoms with E-state index in [9.17, 15) is 0 Å². The van der Waals surface area contributed by atoms with E-state index in [0.717, 1.165) is 12.6 Å². The zero-order valence-corrected chi connectivity index (χ0v) is 12.5. The molecule has 0 aliphatic carbocycles. The molecule has 2 fully saturated rings. The van der Waals surface area contributed by atoms with Crippen LogP contribution in [-0.2, 0) is 0 Å². The zero-order chi connectivity index (χ0) is 13.2. The first kappa shape index (κ1) is 13.9. The van der Waals surface area contributed by atoms with Gasteiger partial charge in [-0.25, -0.2) is 0 Å². The van der Waals surface area contributed by atoms with Crippen LogP contribution in [0.4, 0.5) is 0 Å². The molecule has 2 saturated heterocycles. The standard InChI is InChI=1S/C16H28N2/c1-14(2)6-5-9-17-10-7-16(8-11-17)12-18(13-16)15(3)4/h14-15H,7-13H2,1-4H3. The van der Waals surface area contributed by atoms with Crippen molar-refractivity contribution in [3.05, 3.63) is 0 Å². The van der Waals surface area contributed by atoms with Crippen molar-refractivity contribution in [2.24, 2.45) is 11.3 Å². The molecule has 0 amide bonds. The minimum absolute atomic E-state index is 0.507. The second kappa shape index (κ2) is 5.63. The number of hydrogen-bond donors (Lipinski definition) is 0. The van der Waals surface area contributed by atoms with Gasteiger partial charge in [-0.05, 0) is 45.2 Å². The highest BCUT2D eigenvalue weighted by Crippen LogP contribution is 2.41. The molecule has 0 aromatic carbocycles. The molecule has 18 heavy (non-hydrogen) atoms. The van der Waals surface area contributed by atoms with Crippen LogP contribution in [0.2, 0.25) is 0 Å². The highest BCUT2D eigenvalue weighted by molar-refractivity contribution is 5.05. The van der Waals surface area contributed by atoms with Crippen LogP contribution in [0.5, 0.6) is 0 Å². The van der Waals surface area contributed by atoms with Gasteiger partial charge in [-0.15, -0.1) is 0 Å². The van der Waals surface area contributed by atoms with E-state index < -0.39 is 0 Å². The Morgan fingerprint density at radius 1 is 1.06 bits per heavy atom. The largest absolute Gasteiger partial charge is 0.300 e. The van der Waals surface area contributed by atoms with E-state index in [1.54, 1.807) is 0 Å². The van der Waals surface area contributed by atoms with E-state index >= 15 is 0 Å². The SMILES string of the molecule is CC(C)C#CCN1CCC2(CC1)CN(C(C)C)C2. The molecular formula is C16H28N2. The Balaban J connectivity index is 1.72. The second-order valence-electron chi connectivity index (χ2n) is 6.75. The molecule has 0 radical (unpaired) electrons. The Kier molecular flexibility index (Phi) is 4.35. The van der Waals surface area contributed by atoms with E-state index in [2.05, 4.69) is 49.3 Å². The molecule has 102 valence electrons. The van der Waals surface area contributed by atoms with Gasteiger partial charge in [0.25, 0.3) is 0 Å². The number of rotatable bonds is 2. The molecule has 2 aliphatic heterocycles. The van der Waals surface area contributed by atoms with Crippen LogP contribution in [0.3, 0.4) is 0 Å². The number of likely N-dealkylation sites (tertiary alicyclic amines) is 2. The molecule has 0 aromatic rings. The number of piperidine rings is 1. The highest BCUT2D eigenvalue weighted by Gasteiger charge is 2.45. The Morgan fingerprint density at radius 3 is 2.17 bits per heavy atom. The molecule has 0 saturated carbocycles. The first-order valence-corrected chi connectivity index (χ1v) is 7.46. The van der Waals surface area contributed by atoms with Crippen LogP contribution in [-0.4, -0.2) is 48.6 Å². The average molecular weight is 248 g/mol. The Morgan fingerprint density at radius 2 is 1.67 bits per heavy atom. The van der Waals surface area contributed by atoms with Crippen LogP contribution in [0.25, 0.3) is 0 Å². The molecule has 2 nitrogen and oxygen atoms in total. The summed E-state index contributed by atoms with van der Waals surface area (Å²) in [4.78, 5) is 5.13. The van der Waals surface area contributed by atoms with Gasteiger partial charge in [-0.1, -0.05) is 25.7 Å². The summed E-state index contributed by atoms with van der Waals surface area (Å²) in [5.41, 5.74) is 0.659. The van der Waals surface area contributed by atoms with Gasteiger partial charge in [-0.2, -0.15) is 0 Å². The molecule has 0 unspecified atom stereocenters. The van der Waals surface area contributed by atoms with Gasteiger partial charge in [0, 0.05) is 25.0 Å². The van der Waals surface area contributed by atoms with Crippen molar-refractivity contribution in [3.63, 3.8) is 0 Å². The van der Waals surface area contributed by atoms with Crippen LogP contribution in [0, 0.1) is 23.2 Å². The summed E-state index contributed by atoms with van der Waals surface area (Å²) in [5.74, 6) is 7.08. The van der Waals surface area contributed by atoms with Gasteiger partial charge < -0.3 is 0 Å². The third kappa shape index (κ3) is 3.28. The van der Waals surface area contributed by atoms with Crippen molar-refractivity contribution in [2.75, 3.05) is 32.7 Å². The molecule has 1 spiro atoms. The first-order valence-electron chi connectivity index (χ1n) is 7.46. The highest BCUT2D eigenvalue weighted by atomic mass is 15.2. The predicted molar refractivity (Wildman–Crippen MR) is 77.4 cm³/mol. The van der Waals surface area contributed by atoms with Crippen LogP contribution >= 0.6 is 0 Å². The Bertz CT molecular complexity index is 319. The summed E-state index contributed by atoms with van der Waals surface area (Å²) in [5, 5.41) is 0. The lowest BCUT2D eigenvalue weighted by Crippen LogP contribution is -2.62. The van der Waals surface area contributed by atoms with Gasteiger partial charge in [0.05, 0.1) is 6.54 Å². The van der Waals surface area contributed by atoms with Crippen molar-refractivity contribution in [1.82, 2.24) is 9.80 Å². The maximum atomic E-state index is 3.31. The Hall–Kier alpha value is -0.520. The first-order chi connectivity index (χ1) is 8.51. The van der Waals surface area contributed by atoms with Gasteiger partial charge in [0.2, 0.25) is 0 Å². The second-order valence-corrected chi connectivity index (χ2v) is 6.75.